The van der Waals surface area contributed by atoms with Gasteiger partial charge in [-0.1, -0.05) is 30.3 Å². The number of aliphatic carboxylic acids is 1. The third kappa shape index (κ3) is 8.17. The molecule has 2 aliphatic heterocycles. The monoisotopic (exact) mass is 551 g/mol. The molecular weight excluding hydrogens is 514 g/mol. The lowest BCUT2D eigenvalue weighted by atomic mass is 10.0. The predicted molar refractivity (Wildman–Crippen MR) is 139 cm³/mol. The van der Waals surface area contributed by atoms with Crippen molar-refractivity contribution in [2.24, 2.45) is 5.92 Å². The number of piperazine rings is 1. The van der Waals surface area contributed by atoms with Crippen LogP contribution in [0.3, 0.4) is 0 Å². The standard InChI is InChI=1S/C26H37N3O8S/c1-26(2,3)37-25(34)28-14-12-27(13-15-28)22(30)16-20(23(31)29-11-7-10-21(29)24(32)33)18-38(35,36)17-19-8-5-4-6-9-19/h4-6,8-9,20-21H,7,10-18H2,1-3H3,(H,32,33)/t20-,21-/m0/s1. The maximum atomic E-state index is 13.4. The molecule has 0 aromatic heterocycles. The minimum absolute atomic E-state index is 0.202. The molecule has 1 aromatic carbocycles. The highest BCUT2D eigenvalue weighted by Gasteiger charge is 2.40. The van der Waals surface area contributed by atoms with Crippen LogP contribution in [-0.4, -0.2) is 102 Å². The van der Waals surface area contributed by atoms with Gasteiger partial charge in [-0.2, -0.15) is 0 Å². The first-order valence-electron chi connectivity index (χ1n) is 12.8. The lowest BCUT2D eigenvalue weighted by Crippen LogP contribution is -2.52. The summed E-state index contributed by atoms with van der Waals surface area (Å²) in [6, 6.07) is 7.51. The molecule has 3 amide bonds. The summed E-state index contributed by atoms with van der Waals surface area (Å²) in [5.41, 5.74) is -0.0837. The van der Waals surface area contributed by atoms with Gasteiger partial charge in [0.05, 0.1) is 17.4 Å². The number of sulfone groups is 1. The molecule has 1 aromatic rings. The molecule has 2 atom stereocenters. The summed E-state index contributed by atoms with van der Waals surface area (Å²) in [7, 11) is -3.80. The number of carboxylic acids is 1. The zero-order valence-corrected chi connectivity index (χ0v) is 23.0. The molecule has 2 aliphatic rings. The summed E-state index contributed by atoms with van der Waals surface area (Å²) in [4.78, 5) is 54.9. The summed E-state index contributed by atoms with van der Waals surface area (Å²) in [5, 5.41) is 9.54. The molecule has 210 valence electrons. The minimum Gasteiger partial charge on any atom is -0.480 e. The van der Waals surface area contributed by atoms with Gasteiger partial charge in [-0.05, 0) is 39.2 Å². The highest BCUT2D eigenvalue weighted by Crippen LogP contribution is 2.24. The highest BCUT2D eigenvalue weighted by molar-refractivity contribution is 7.90. The Morgan fingerprint density at radius 3 is 2.18 bits per heavy atom. The van der Waals surface area contributed by atoms with Gasteiger partial charge < -0.3 is 24.5 Å². The fourth-order valence-corrected chi connectivity index (χ4v) is 6.43. The van der Waals surface area contributed by atoms with Crippen LogP contribution in [0, 0.1) is 5.92 Å². The van der Waals surface area contributed by atoms with Gasteiger partial charge in [0, 0.05) is 39.1 Å². The van der Waals surface area contributed by atoms with Crippen LogP contribution in [-0.2, 0) is 34.7 Å². The van der Waals surface area contributed by atoms with E-state index in [1.54, 1.807) is 51.1 Å². The van der Waals surface area contributed by atoms with Crippen LogP contribution < -0.4 is 0 Å². The van der Waals surface area contributed by atoms with E-state index in [0.717, 1.165) is 0 Å². The molecule has 0 radical (unpaired) electrons. The molecule has 1 N–H and O–H groups in total. The quantitative estimate of drug-likeness (QED) is 0.515. The highest BCUT2D eigenvalue weighted by atomic mass is 32.2. The number of rotatable bonds is 8. The van der Waals surface area contributed by atoms with E-state index in [-0.39, 0.29) is 51.3 Å². The molecule has 0 bridgehead atoms. The molecule has 0 spiro atoms. The molecule has 11 nitrogen and oxygen atoms in total. The summed E-state index contributed by atoms with van der Waals surface area (Å²) >= 11 is 0. The summed E-state index contributed by atoms with van der Waals surface area (Å²) in [6.07, 6.45) is -0.0570. The smallest absolute Gasteiger partial charge is 0.410 e. The van der Waals surface area contributed by atoms with Gasteiger partial charge in [0.15, 0.2) is 9.84 Å². The number of ether oxygens (including phenoxy) is 1. The molecule has 12 heteroatoms. The number of amides is 3. The van der Waals surface area contributed by atoms with Crippen molar-refractivity contribution in [2.75, 3.05) is 38.5 Å². The largest absolute Gasteiger partial charge is 0.480 e. The first-order valence-corrected chi connectivity index (χ1v) is 14.6. The zero-order valence-electron chi connectivity index (χ0n) is 22.2. The molecule has 38 heavy (non-hydrogen) atoms. The van der Waals surface area contributed by atoms with Gasteiger partial charge in [-0.25, -0.2) is 18.0 Å². The van der Waals surface area contributed by atoms with Crippen molar-refractivity contribution in [3.8, 4) is 0 Å². The van der Waals surface area contributed by atoms with Gasteiger partial charge in [0.1, 0.15) is 11.6 Å². The molecule has 0 unspecified atom stereocenters. The van der Waals surface area contributed by atoms with E-state index in [9.17, 15) is 32.7 Å². The maximum absolute atomic E-state index is 13.4. The Morgan fingerprint density at radius 1 is 1.00 bits per heavy atom. The van der Waals surface area contributed by atoms with E-state index in [2.05, 4.69) is 0 Å². The second-order valence-electron chi connectivity index (χ2n) is 10.8. The Labute approximate surface area is 223 Å². The first kappa shape index (κ1) is 29.4. The third-order valence-electron chi connectivity index (χ3n) is 6.56. The van der Waals surface area contributed by atoms with Gasteiger partial charge in [0.2, 0.25) is 11.8 Å². The summed E-state index contributed by atoms with van der Waals surface area (Å²) in [6.45, 7) is 6.44. The van der Waals surface area contributed by atoms with E-state index in [1.807, 2.05) is 0 Å². The van der Waals surface area contributed by atoms with Crippen molar-refractivity contribution >= 4 is 33.7 Å². The van der Waals surface area contributed by atoms with Crippen LogP contribution in [0.4, 0.5) is 4.79 Å². The lowest BCUT2D eigenvalue weighted by Gasteiger charge is -2.36. The average molecular weight is 552 g/mol. The van der Waals surface area contributed by atoms with Crippen LogP contribution in [0.1, 0.15) is 45.6 Å². The number of nitrogens with zero attached hydrogens (tertiary/aromatic N) is 3. The molecule has 0 aliphatic carbocycles. The Balaban J connectivity index is 1.71. The van der Waals surface area contributed by atoms with E-state index in [4.69, 9.17) is 4.74 Å². The Hall–Kier alpha value is -3.15. The van der Waals surface area contributed by atoms with Crippen LogP contribution in [0.15, 0.2) is 30.3 Å². The summed E-state index contributed by atoms with van der Waals surface area (Å²) in [5.74, 6) is -4.25. The fourth-order valence-electron chi connectivity index (χ4n) is 4.74. The van der Waals surface area contributed by atoms with Crippen molar-refractivity contribution in [1.82, 2.24) is 14.7 Å². The maximum Gasteiger partial charge on any atom is 0.410 e. The topological polar surface area (TPSA) is 142 Å². The van der Waals surface area contributed by atoms with Crippen molar-refractivity contribution < 1.29 is 37.4 Å². The van der Waals surface area contributed by atoms with Gasteiger partial charge in [0.25, 0.3) is 0 Å². The first-order chi connectivity index (χ1) is 17.8. The summed E-state index contributed by atoms with van der Waals surface area (Å²) < 4.78 is 31.5. The van der Waals surface area contributed by atoms with E-state index >= 15 is 0 Å². The fraction of sp³-hybridized carbons (Fsp3) is 0.615. The molecule has 2 heterocycles. The van der Waals surface area contributed by atoms with E-state index in [0.29, 0.717) is 12.0 Å². The van der Waals surface area contributed by atoms with Crippen molar-refractivity contribution in [3.05, 3.63) is 35.9 Å². The minimum atomic E-state index is -3.80. The van der Waals surface area contributed by atoms with Crippen molar-refractivity contribution in [2.45, 2.75) is 57.4 Å². The van der Waals surface area contributed by atoms with E-state index in [1.165, 1.54) is 14.7 Å². The Morgan fingerprint density at radius 2 is 1.61 bits per heavy atom. The molecule has 2 saturated heterocycles. The Kier molecular flexibility index (Phi) is 9.40. The molecule has 0 saturated carbocycles. The van der Waals surface area contributed by atoms with Crippen LogP contribution in [0.2, 0.25) is 0 Å². The SMILES string of the molecule is CC(C)(C)OC(=O)N1CCN(C(=O)C[C@@H](CS(=O)(=O)Cc2ccccc2)C(=O)N2CCC[C@H]2C(=O)O)CC1. The second kappa shape index (κ2) is 12.1. The number of likely N-dealkylation sites (tertiary alicyclic amines) is 1. The number of carbonyl (C=O) groups is 4. The number of hydrogen-bond acceptors (Lipinski definition) is 7. The zero-order chi connectivity index (χ0) is 28.1. The molecular formula is C26H37N3O8S. The van der Waals surface area contributed by atoms with Gasteiger partial charge >= 0.3 is 12.1 Å². The molecule has 2 fully saturated rings. The average Bonchev–Trinajstić information content (AvgIpc) is 3.33. The normalized spacial score (nSPS) is 19.2. The van der Waals surface area contributed by atoms with Gasteiger partial charge in [-0.3, -0.25) is 9.59 Å². The van der Waals surface area contributed by atoms with Crippen LogP contribution in [0.5, 0.6) is 0 Å². The lowest BCUT2D eigenvalue weighted by molar-refractivity contribution is -0.150. The predicted octanol–water partition coefficient (Wildman–Crippen LogP) is 1.76. The number of carboxylic acid groups (broad SMARTS) is 1. The van der Waals surface area contributed by atoms with E-state index < -0.39 is 57.0 Å². The number of benzene rings is 1. The van der Waals surface area contributed by atoms with Gasteiger partial charge in [-0.15, -0.1) is 0 Å². The van der Waals surface area contributed by atoms with Crippen molar-refractivity contribution in [1.29, 1.82) is 0 Å². The third-order valence-corrected chi connectivity index (χ3v) is 8.24. The Bertz CT molecular complexity index is 1120. The number of hydrogen-bond donors (Lipinski definition) is 1. The van der Waals surface area contributed by atoms with Crippen LogP contribution >= 0.6 is 0 Å². The van der Waals surface area contributed by atoms with Crippen LogP contribution in [0.25, 0.3) is 0 Å². The van der Waals surface area contributed by atoms with Crippen molar-refractivity contribution in [3.63, 3.8) is 0 Å². The second-order valence-corrected chi connectivity index (χ2v) is 12.9. The molecule has 3 rings (SSSR count). The number of carbonyl (C=O) groups excluding carboxylic acids is 3.